The van der Waals surface area contributed by atoms with E-state index in [4.69, 9.17) is 9.47 Å². The summed E-state index contributed by atoms with van der Waals surface area (Å²) < 4.78 is 93.4. The average molecular weight is 662 g/mol. The molecule has 1 spiro atoms. The van der Waals surface area contributed by atoms with Crippen LogP contribution in [0.2, 0.25) is 0 Å². The predicted octanol–water partition coefficient (Wildman–Crippen LogP) is 6.14. The van der Waals surface area contributed by atoms with E-state index in [1.54, 1.807) is 11.2 Å². The second kappa shape index (κ2) is 12.9. The lowest BCUT2D eigenvalue weighted by Gasteiger charge is -2.44. The molecular formula is C34H39F4N3O4S. The Balaban J connectivity index is 1.14. The number of nitrogens with zero attached hydrogens (tertiary/aromatic N) is 3. The highest BCUT2D eigenvalue weighted by Crippen LogP contribution is 2.48. The molecule has 3 aliphatic heterocycles. The largest absolute Gasteiger partial charge is 0.416 e. The molecule has 46 heavy (non-hydrogen) atoms. The van der Waals surface area contributed by atoms with Crippen molar-refractivity contribution in [3.8, 4) is 0 Å². The molecule has 7 nitrogen and oxygen atoms in total. The number of morpholine rings is 1. The first-order valence-electron chi connectivity index (χ1n) is 15.6. The molecule has 3 aromatic rings. The van der Waals surface area contributed by atoms with Gasteiger partial charge in [0.15, 0.2) is 6.29 Å². The third-order valence-electron chi connectivity index (χ3n) is 9.62. The number of piperidine rings is 1. The monoisotopic (exact) mass is 661 g/mol. The molecule has 248 valence electrons. The van der Waals surface area contributed by atoms with Crippen LogP contribution in [0, 0.1) is 5.82 Å². The zero-order valence-electron chi connectivity index (χ0n) is 25.9. The molecule has 2 unspecified atom stereocenters. The van der Waals surface area contributed by atoms with Crippen LogP contribution < -0.4 is 4.31 Å². The molecule has 0 radical (unpaired) electrons. The van der Waals surface area contributed by atoms with Gasteiger partial charge < -0.3 is 14.4 Å². The van der Waals surface area contributed by atoms with Gasteiger partial charge in [-0.05, 0) is 73.8 Å². The van der Waals surface area contributed by atoms with E-state index in [9.17, 15) is 26.0 Å². The highest BCUT2D eigenvalue weighted by atomic mass is 32.2. The Morgan fingerprint density at radius 1 is 0.978 bits per heavy atom. The van der Waals surface area contributed by atoms with Gasteiger partial charge in [-0.3, -0.25) is 9.21 Å². The minimum absolute atomic E-state index is 0.0880. The molecule has 0 bridgehead atoms. The van der Waals surface area contributed by atoms with Gasteiger partial charge in [0.05, 0.1) is 36.3 Å². The van der Waals surface area contributed by atoms with E-state index in [-0.39, 0.29) is 17.0 Å². The zero-order chi connectivity index (χ0) is 32.7. The van der Waals surface area contributed by atoms with Crippen LogP contribution in [-0.4, -0.2) is 76.6 Å². The van der Waals surface area contributed by atoms with Gasteiger partial charge in [-0.2, -0.15) is 13.2 Å². The SMILES string of the molecule is C[C@@H](OC1OCCN(CCN2CCC3(CC2)CN(S(C)(=O)=O)c2ccccc23)C1c1ccccc1)c1cc(F)cc(C(F)(F)F)c1. The Kier molecular flexibility index (Phi) is 9.21. The van der Waals surface area contributed by atoms with E-state index in [2.05, 4.69) is 15.9 Å². The fourth-order valence-electron chi connectivity index (χ4n) is 7.14. The molecule has 3 aliphatic rings. The molecule has 0 amide bonds. The summed E-state index contributed by atoms with van der Waals surface area (Å²) >= 11 is 0. The summed E-state index contributed by atoms with van der Waals surface area (Å²) in [4.78, 5) is 4.68. The van der Waals surface area contributed by atoms with Crippen molar-refractivity contribution in [1.82, 2.24) is 9.80 Å². The lowest BCUT2D eigenvalue weighted by molar-refractivity contribution is -0.230. The highest BCUT2D eigenvalue weighted by molar-refractivity contribution is 7.92. The number of fused-ring (bicyclic) bond motifs is 2. The van der Waals surface area contributed by atoms with Crippen LogP contribution in [-0.2, 0) is 31.1 Å². The third kappa shape index (κ3) is 6.82. The molecule has 2 saturated heterocycles. The van der Waals surface area contributed by atoms with E-state index in [1.807, 2.05) is 48.5 Å². The number of hydrogen-bond donors (Lipinski definition) is 0. The minimum atomic E-state index is -4.68. The van der Waals surface area contributed by atoms with Crippen LogP contribution in [0.15, 0.2) is 72.8 Å². The molecule has 2 fully saturated rings. The van der Waals surface area contributed by atoms with Crippen molar-refractivity contribution < 1.29 is 35.5 Å². The maximum atomic E-state index is 14.2. The molecule has 3 aromatic carbocycles. The Bertz CT molecular complexity index is 1630. The molecule has 6 rings (SSSR count). The molecule has 0 aliphatic carbocycles. The molecule has 12 heteroatoms. The van der Waals surface area contributed by atoms with Crippen LogP contribution in [0.5, 0.6) is 0 Å². The van der Waals surface area contributed by atoms with Gasteiger partial charge in [-0.1, -0.05) is 48.5 Å². The van der Waals surface area contributed by atoms with Crippen molar-refractivity contribution in [1.29, 1.82) is 0 Å². The minimum Gasteiger partial charge on any atom is -0.349 e. The number of likely N-dealkylation sites (tertiary alicyclic amines) is 1. The first kappa shape index (κ1) is 32.9. The molecule has 3 atom stereocenters. The standard InChI is InChI=1S/C34H39F4N3O4S/c1-24(26-20-27(34(36,37)38)22-28(35)21-26)45-32-31(25-8-4-3-5-9-25)40(18-19-44-32)17-16-39-14-12-33(13-15-39)23-41(46(2,42)43)30-11-7-6-10-29(30)33/h3-11,20-22,24,31-32H,12-19,23H2,1-2H3/t24-,31?,32?/m1/s1. The molecule has 0 saturated carbocycles. The maximum Gasteiger partial charge on any atom is 0.416 e. The fourth-order valence-corrected chi connectivity index (χ4v) is 8.14. The topological polar surface area (TPSA) is 62.3 Å². The average Bonchev–Trinajstić information content (AvgIpc) is 3.35. The normalized spacial score (nSPS) is 23.0. The summed E-state index contributed by atoms with van der Waals surface area (Å²) in [6.07, 6.45) is -3.36. The quantitative estimate of drug-likeness (QED) is 0.271. The number of halogens is 4. The van der Waals surface area contributed by atoms with Gasteiger partial charge >= 0.3 is 6.18 Å². The Hall–Kier alpha value is -3.03. The number of hydrogen-bond acceptors (Lipinski definition) is 6. The Morgan fingerprint density at radius 3 is 2.37 bits per heavy atom. The lowest BCUT2D eigenvalue weighted by Crippen LogP contribution is -2.51. The van der Waals surface area contributed by atoms with Crippen LogP contribution in [0.1, 0.15) is 54.2 Å². The third-order valence-corrected chi connectivity index (χ3v) is 10.7. The van der Waals surface area contributed by atoms with E-state index in [0.29, 0.717) is 32.3 Å². The van der Waals surface area contributed by atoms with Crippen molar-refractivity contribution >= 4 is 15.7 Å². The Labute approximate surface area is 267 Å². The summed E-state index contributed by atoms with van der Waals surface area (Å²) in [6.45, 7) is 6.21. The van der Waals surface area contributed by atoms with E-state index in [0.717, 1.165) is 61.4 Å². The number of para-hydroxylation sites is 1. The summed E-state index contributed by atoms with van der Waals surface area (Å²) in [5.41, 5.74) is 1.66. The van der Waals surface area contributed by atoms with Crippen molar-refractivity contribution in [2.24, 2.45) is 0 Å². The highest BCUT2D eigenvalue weighted by Gasteiger charge is 2.47. The van der Waals surface area contributed by atoms with Crippen molar-refractivity contribution in [2.45, 2.75) is 49.8 Å². The summed E-state index contributed by atoms with van der Waals surface area (Å²) in [5.74, 6) is -0.973. The van der Waals surface area contributed by atoms with E-state index >= 15 is 0 Å². The summed E-state index contributed by atoms with van der Waals surface area (Å²) in [5, 5.41) is 0. The zero-order valence-corrected chi connectivity index (χ0v) is 26.7. The van der Waals surface area contributed by atoms with Crippen LogP contribution in [0.4, 0.5) is 23.2 Å². The second-order valence-corrected chi connectivity index (χ2v) is 14.5. The van der Waals surface area contributed by atoms with Crippen molar-refractivity contribution in [3.63, 3.8) is 0 Å². The molecule has 0 aromatic heterocycles. The first-order chi connectivity index (χ1) is 21.8. The van der Waals surface area contributed by atoms with Gasteiger partial charge in [0.25, 0.3) is 0 Å². The number of sulfonamides is 1. The van der Waals surface area contributed by atoms with Crippen LogP contribution >= 0.6 is 0 Å². The van der Waals surface area contributed by atoms with Gasteiger partial charge in [-0.15, -0.1) is 0 Å². The lowest BCUT2D eigenvalue weighted by atomic mass is 9.74. The molecule has 3 heterocycles. The van der Waals surface area contributed by atoms with E-state index < -0.39 is 40.0 Å². The van der Waals surface area contributed by atoms with E-state index in [1.165, 1.54) is 6.26 Å². The van der Waals surface area contributed by atoms with Gasteiger partial charge in [-0.25, -0.2) is 12.8 Å². The second-order valence-electron chi connectivity index (χ2n) is 12.6. The molecule has 0 N–H and O–H groups in total. The van der Waals surface area contributed by atoms with Crippen molar-refractivity contribution in [2.75, 3.05) is 56.4 Å². The van der Waals surface area contributed by atoms with Crippen molar-refractivity contribution in [3.05, 3.63) is 101 Å². The molecular weight excluding hydrogens is 622 g/mol. The number of rotatable bonds is 8. The number of ether oxygens (including phenoxy) is 2. The first-order valence-corrected chi connectivity index (χ1v) is 17.4. The van der Waals surface area contributed by atoms with Gasteiger partial charge in [0.1, 0.15) is 5.82 Å². The smallest absolute Gasteiger partial charge is 0.349 e. The number of benzene rings is 3. The summed E-state index contributed by atoms with van der Waals surface area (Å²) in [6, 6.07) is 19.7. The van der Waals surface area contributed by atoms with Gasteiger partial charge in [0, 0.05) is 31.6 Å². The Morgan fingerprint density at radius 2 is 1.67 bits per heavy atom. The number of anilines is 1. The fraction of sp³-hybridized carbons (Fsp3) is 0.471. The predicted molar refractivity (Wildman–Crippen MR) is 167 cm³/mol. The van der Waals surface area contributed by atoms with Crippen LogP contribution in [0.25, 0.3) is 0 Å². The number of alkyl halides is 3. The summed E-state index contributed by atoms with van der Waals surface area (Å²) in [7, 11) is -3.38. The van der Waals surface area contributed by atoms with Gasteiger partial charge in [0.2, 0.25) is 10.0 Å². The maximum absolute atomic E-state index is 14.2. The van der Waals surface area contributed by atoms with Crippen LogP contribution in [0.3, 0.4) is 0 Å².